The van der Waals surface area contributed by atoms with E-state index < -0.39 is 5.67 Å². The molecule has 0 fully saturated rings. The molecule has 0 aliphatic rings. The minimum absolute atomic E-state index is 0.697. The highest BCUT2D eigenvalue weighted by Crippen LogP contribution is 2.30. The van der Waals surface area contributed by atoms with Crippen molar-refractivity contribution < 1.29 is 4.39 Å². The summed E-state index contributed by atoms with van der Waals surface area (Å²) >= 11 is 0. The fourth-order valence-corrected chi connectivity index (χ4v) is 1.62. The molecule has 0 aliphatic carbocycles. The minimum atomic E-state index is -1.32. The van der Waals surface area contributed by atoms with Crippen LogP contribution in [-0.4, -0.2) is 4.98 Å². The van der Waals surface area contributed by atoms with Crippen LogP contribution in [0, 0.1) is 0 Å². The molecule has 1 heterocycles. The largest absolute Gasteiger partial charge is 0.256 e. The second-order valence-corrected chi connectivity index (χ2v) is 3.85. The number of halogens is 1. The summed E-state index contributed by atoms with van der Waals surface area (Å²) in [6.45, 7) is 3.13. The molecule has 1 aromatic heterocycles. The van der Waals surface area contributed by atoms with E-state index in [-0.39, 0.29) is 0 Å². The number of benzene rings is 1. The molecule has 1 aromatic carbocycles. The average molecular weight is 189 g/mol. The number of alkyl halides is 1. The van der Waals surface area contributed by atoms with Crippen LogP contribution in [0.25, 0.3) is 10.9 Å². The van der Waals surface area contributed by atoms with E-state index in [1.165, 1.54) is 0 Å². The number of hydrogen-bond donors (Lipinski definition) is 0. The molecule has 0 N–H and O–H groups in total. The maximum Gasteiger partial charge on any atom is 0.131 e. The van der Waals surface area contributed by atoms with Crippen molar-refractivity contribution in [3.63, 3.8) is 0 Å². The summed E-state index contributed by atoms with van der Waals surface area (Å²) in [4.78, 5) is 4.19. The minimum Gasteiger partial charge on any atom is -0.256 e. The van der Waals surface area contributed by atoms with Gasteiger partial charge in [-0.15, -0.1) is 0 Å². The molecule has 0 radical (unpaired) electrons. The van der Waals surface area contributed by atoms with Gasteiger partial charge >= 0.3 is 0 Å². The Balaban J connectivity index is 2.78. The predicted molar refractivity (Wildman–Crippen MR) is 55.9 cm³/mol. The van der Waals surface area contributed by atoms with Gasteiger partial charge in [0.25, 0.3) is 0 Å². The van der Waals surface area contributed by atoms with Crippen molar-refractivity contribution in [3.8, 4) is 0 Å². The Labute approximate surface area is 82.6 Å². The highest BCUT2D eigenvalue weighted by atomic mass is 19.1. The van der Waals surface area contributed by atoms with Gasteiger partial charge in [0, 0.05) is 11.6 Å². The monoisotopic (exact) mass is 189 g/mol. The first kappa shape index (κ1) is 9.13. The quantitative estimate of drug-likeness (QED) is 0.669. The molecule has 0 atom stereocenters. The summed E-state index contributed by atoms with van der Waals surface area (Å²) in [5, 5.41) is 0.891. The van der Waals surface area contributed by atoms with Gasteiger partial charge in [-0.05, 0) is 31.5 Å². The fraction of sp³-hybridized carbons (Fsp3) is 0.250. The smallest absolute Gasteiger partial charge is 0.131 e. The topological polar surface area (TPSA) is 12.9 Å². The Morgan fingerprint density at radius 2 is 1.93 bits per heavy atom. The third-order valence-corrected chi connectivity index (χ3v) is 2.29. The van der Waals surface area contributed by atoms with Crippen molar-refractivity contribution in [2.75, 3.05) is 0 Å². The van der Waals surface area contributed by atoms with Gasteiger partial charge in [0.15, 0.2) is 0 Å². The Morgan fingerprint density at radius 3 is 2.64 bits per heavy atom. The van der Waals surface area contributed by atoms with Crippen LogP contribution in [-0.2, 0) is 5.67 Å². The van der Waals surface area contributed by atoms with E-state index in [2.05, 4.69) is 4.98 Å². The standard InChI is InChI=1S/C12H12FN/c1-12(2,13)10-6-3-7-11-9(10)5-4-8-14-11/h3-8H,1-2H3. The van der Waals surface area contributed by atoms with Gasteiger partial charge in [-0.2, -0.15) is 0 Å². The lowest BCUT2D eigenvalue weighted by atomic mass is 9.96. The second-order valence-electron chi connectivity index (χ2n) is 3.85. The first-order valence-electron chi connectivity index (χ1n) is 4.62. The summed E-state index contributed by atoms with van der Waals surface area (Å²) in [5.74, 6) is 0. The van der Waals surface area contributed by atoms with Crippen LogP contribution in [0.2, 0.25) is 0 Å². The van der Waals surface area contributed by atoms with Crippen LogP contribution in [0.15, 0.2) is 36.5 Å². The average Bonchev–Trinajstić information content (AvgIpc) is 2.15. The van der Waals surface area contributed by atoms with Crippen LogP contribution in [0.1, 0.15) is 19.4 Å². The molecule has 0 saturated heterocycles. The van der Waals surface area contributed by atoms with E-state index in [0.29, 0.717) is 5.56 Å². The normalized spacial score (nSPS) is 11.9. The number of hydrogen-bond acceptors (Lipinski definition) is 1. The molecule has 0 bridgehead atoms. The van der Waals surface area contributed by atoms with Crippen molar-refractivity contribution in [1.82, 2.24) is 4.98 Å². The molecule has 2 rings (SSSR count). The molecule has 14 heavy (non-hydrogen) atoms. The number of nitrogens with zero attached hydrogens (tertiary/aromatic N) is 1. The van der Waals surface area contributed by atoms with Crippen molar-refractivity contribution in [2.45, 2.75) is 19.5 Å². The number of fused-ring (bicyclic) bond motifs is 1. The highest BCUT2D eigenvalue weighted by Gasteiger charge is 2.20. The van der Waals surface area contributed by atoms with Crippen molar-refractivity contribution >= 4 is 10.9 Å². The van der Waals surface area contributed by atoms with Crippen LogP contribution < -0.4 is 0 Å². The van der Waals surface area contributed by atoms with Gasteiger partial charge < -0.3 is 0 Å². The first-order chi connectivity index (χ1) is 6.59. The molecule has 0 saturated carbocycles. The number of rotatable bonds is 1. The number of pyridine rings is 1. The lowest BCUT2D eigenvalue weighted by molar-refractivity contribution is 0.224. The van der Waals surface area contributed by atoms with Crippen molar-refractivity contribution in [1.29, 1.82) is 0 Å². The summed E-state index contributed by atoms with van der Waals surface area (Å²) < 4.78 is 13.8. The summed E-state index contributed by atoms with van der Waals surface area (Å²) in [5.41, 5.74) is 0.224. The second kappa shape index (κ2) is 3.05. The zero-order valence-electron chi connectivity index (χ0n) is 8.29. The van der Waals surface area contributed by atoms with Crippen molar-refractivity contribution in [2.24, 2.45) is 0 Å². The van der Waals surface area contributed by atoms with Gasteiger partial charge in [-0.25, -0.2) is 4.39 Å². The zero-order chi connectivity index (χ0) is 10.2. The molecule has 0 unspecified atom stereocenters. The summed E-state index contributed by atoms with van der Waals surface area (Å²) in [7, 11) is 0. The van der Waals surface area contributed by atoms with Crippen LogP contribution in [0.3, 0.4) is 0 Å². The van der Waals surface area contributed by atoms with E-state index in [0.717, 1.165) is 10.9 Å². The summed E-state index contributed by atoms with van der Waals surface area (Å²) in [6, 6.07) is 9.27. The Hall–Kier alpha value is -1.44. The Kier molecular flexibility index (Phi) is 1.99. The molecule has 0 amide bonds. The molecule has 1 nitrogen and oxygen atoms in total. The molecular formula is C12H12FN. The lowest BCUT2D eigenvalue weighted by Gasteiger charge is -2.16. The van der Waals surface area contributed by atoms with Crippen molar-refractivity contribution in [3.05, 3.63) is 42.1 Å². The van der Waals surface area contributed by atoms with E-state index in [1.807, 2.05) is 30.3 Å². The maximum absolute atomic E-state index is 13.8. The third-order valence-electron chi connectivity index (χ3n) is 2.29. The zero-order valence-corrected chi connectivity index (χ0v) is 8.29. The first-order valence-corrected chi connectivity index (χ1v) is 4.62. The Morgan fingerprint density at radius 1 is 1.14 bits per heavy atom. The van der Waals surface area contributed by atoms with Crippen LogP contribution in [0.4, 0.5) is 4.39 Å². The molecular weight excluding hydrogens is 177 g/mol. The molecule has 72 valence electrons. The van der Waals surface area contributed by atoms with Gasteiger partial charge in [0.05, 0.1) is 5.52 Å². The Bertz CT molecular complexity index is 452. The van der Waals surface area contributed by atoms with E-state index >= 15 is 0 Å². The molecule has 2 heteroatoms. The van der Waals surface area contributed by atoms with Gasteiger partial charge in [0.1, 0.15) is 5.67 Å². The highest BCUT2D eigenvalue weighted by molar-refractivity contribution is 5.82. The fourth-order valence-electron chi connectivity index (χ4n) is 1.62. The van der Waals surface area contributed by atoms with Crippen LogP contribution in [0.5, 0.6) is 0 Å². The SMILES string of the molecule is CC(C)(F)c1cccc2ncccc12. The summed E-state index contributed by atoms with van der Waals surface area (Å²) in [6.07, 6.45) is 1.72. The molecule has 0 spiro atoms. The third kappa shape index (κ3) is 1.48. The van der Waals surface area contributed by atoms with E-state index in [4.69, 9.17) is 0 Å². The van der Waals surface area contributed by atoms with E-state index in [1.54, 1.807) is 20.0 Å². The maximum atomic E-state index is 13.8. The van der Waals surface area contributed by atoms with Gasteiger partial charge in [-0.3, -0.25) is 4.98 Å². The van der Waals surface area contributed by atoms with Gasteiger partial charge in [-0.1, -0.05) is 18.2 Å². The predicted octanol–water partition coefficient (Wildman–Crippen LogP) is 3.44. The van der Waals surface area contributed by atoms with E-state index in [9.17, 15) is 4.39 Å². The number of aromatic nitrogens is 1. The van der Waals surface area contributed by atoms with Gasteiger partial charge in [0.2, 0.25) is 0 Å². The lowest BCUT2D eigenvalue weighted by Crippen LogP contribution is -2.09. The molecule has 0 aliphatic heterocycles. The van der Waals surface area contributed by atoms with Crippen LogP contribution >= 0.6 is 0 Å². The molecule has 2 aromatic rings.